The smallest absolute Gasteiger partial charge is 0.278 e. The van der Waals surface area contributed by atoms with Crippen LogP contribution in [0.15, 0.2) is 64.1 Å². The summed E-state index contributed by atoms with van der Waals surface area (Å²) >= 11 is 0. The van der Waals surface area contributed by atoms with Crippen LogP contribution in [0.5, 0.6) is 5.88 Å². The Bertz CT molecular complexity index is 1410. The number of hydrogen-bond acceptors (Lipinski definition) is 7. The summed E-state index contributed by atoms with van der Waals surface area (Å²) < 4.78 is 39.2. The fourth-order valence-electron chi connectivity index (χ4n) is 3.25. The maximum absolute atomic E-state index is 13.2. The Kier molecular flexibility index (Phi) is 5.54. The number of carbonyl (C=O) groups is 1. The molecule has 9 nitrogen and oxygen atoms in total. The lowest BCUT2D eigenvalue weighted by atomic mass is 10.1. The number of rotatable bonds is 6. The average molecular weight is 452 g/mol. The van der Waals surface area contributed by atoms with Crippen molar-refractivity contribution in [2.45, 2.75) is 18.7 Å². The number of nitrogens with zero attached hydrogens (tertiary/aromatic N) is 2. The molecule has 0 atom stereocenters. The number of methoxy groups -OCH3 is 1. The number of nitrogens with one attached hydrogen (secondary N) is 2. The van der Waals surface area contributed by atoms with Crippen molar-refractivity contribution < 1.29 is 22.5 Å². The van der Waals surface area contributed by atoms with E-state index in [0.717, 1.165) is 11.1 Å². The molecule has 2 N–H and O–H groups in total. The van der Waals surface area contributed by atoms with Gasteiger partial charge in [0.1, 0.15) is 0 Å². The Labute approximate surface area is 184 Å². The molecule has 0 aliphatic carbocycles. The molecule has 10 heteroatoms. The van der Waals surface area contributed by atoms with E-state index in [0.29, 0.717) is 16.7 Å². The minimum Gasteiger partial charge on any atom is -0.480 e. The zero-order chi connectivity index (χ0) is 22.9. The van der Waals surface area contributed by atoms with Crippen molar-refractivity contribution in [2.75, 3.05) is 17.1 Å². The highest BCUT2D eigenvalue weighted by Gasteiger charge is 2.24. The quantitative estimate of drug-likeness (QED) is 0.455. The molecule has 4 rings (SSSR count). The molecule has 0 spiro atoms. The van der Waals surface area contributed by atoms with Gasteiger partial charge in [-0.05, 0) is 43.2 Å². The number of pyridine rings is 1. The normalized spacial score (nSPS) is 11.3. The van der Waals surface area contributed by atoms with Crippen LogP contribution in [-0.4, -0.2) is 31.6 Å². The summed E-state index contributed by atoms with van der Waals surface area (Å²) in [6.45, 7) is 3.61. The van der Waals surface area contributed by atoms with Gasteiger partial charge in [0.2, 0.25) is 5.88 Å². The Balaban J connectivity index is 1.67. The summed E-state index contributed by atoms with van der Waals surface area (Å²) in [6, 6.07) is 13.7. The molecule has 0 saturated carbocycles. The number of fused-ring (bicyclic) bond motifs is 1. The minimum atomic E-state index is -4.07. The predicted molar refractivity (Wildman–Crippen MR) is 119 cm³/mol. The molecule has 2 aromatic carbocycles. The highest BCUT2D eigenvalue weighted by atomic mass is 32.2. The van der Waals surface area contributed by atoms with Gasteiger partial charge < -0.3 is 14.6 Å². The van der Waals surface area contributed by atoms with Crippen molar-refractivity contribution in [2.24, 2.45) is 0 Å². The van der Waals surface area contributed by atoms with Crippen molar-refractivity contribution in [3.8, 4) is 5.88 Å². The molecule has 0 fully saturated rings. The summed E-state index contributed by atoms with van der Waals surface area (Å²) in [6.07, 6.45) is 1.30. The maximum Gasteiger partial charge on any atom is 0.278 e. The van der Waals surface area contributed by atoms with Crippen molar-refractivity contribution in [3.63, 3.8) is 0 Å². The largest absolute Gasteiger partial charge is 0.480 e. The van der Waals surface area contributed by atoms with Gasteiger partial charge in [0.15, 0.2) is 16.2 Å². The highest BCUT2D eigenvalue weighted by molar-refractivity contribution is 7.92. The third-order valence-electron chi connectivity index (χ3n) is 4.87. The van der Waals surface area contributed by atoms with E-state index in [1.54, 1.807) is 50.2 Å². The van der Waals surface area contributed by atoms with E-state index in [-0.39, 0.29) is 22.2 Å². The van der Waals surface area contributed by atoms with E-state index in [1.807, 2.05) is 6.07 Å². The van der Waals surface area contributed by atoms with Gasteiger partial charge in [-0.1, -0.05) is 35.5 Å². The number of carbonyl (C=O) groups excluding carboxylic acids is 1. The Morgan fingerprint density at radius 3 is 2.50 bits per heavy atom. The maximum atomic E-state index is 13.2. The Morgan fingerprint density at radius 1 is 1.06 bits per heavy atom. The molecule has 4 aromatic rings. The molecule has 1 amide bonds. The second-order valence-corrected chi connectivity index (χ2v) is 8.74. The molecular formula is C22H20N4O5S. The number of aromatic nitrogens is 2. The first-order chi connectivity index (χ1) is 15.3. The van der Waals surface area contributed by atoms with E-state index < -0.39 is 15.9 Å². The molecule has 0 unspecified atom stereocenters. The fourth-order valence-corrected chi connectivity index (χ4v) is 4.60. The highest BCUT2D eigenvalue weighted by Crippen LogP contribution is 2.29. The van der Waals surface area contributed by atoms with Gasteiger partial charge in [0, 0.05) is 0 Å². The molecule has 32 heavy (non-hydrogen) atoms. The van der Waals surface area contributed by atoms with Gasteiger partial charge in [-0.25, -0.2) is 13.4 Å². The monoisotopic (exact) mass is 452 g/mol. The third kappa shape index (κ3) is 4.00. The van der Waals surface area contributed by atoms with Crippen molar-refractivity contribution in [1.82, 2.24) is 10.1 Å². The van der Waals surface area contributed by atoms with Crippen molar-refractivity contribution in [1.29, 1.82) is 0 Å². The van der Waals surface area contributed by atoms with E-state index in [9.17, 15) is 13.2 Å². The van der Waals surface area contributed by atoms with Gasteiger partial charge in [0.05, 0.1) is 30.1 Å². The van der Waals surface area contributed by atoms with Crippen LogP contribution in [0.2, 0.25) is 0 Å². The Morgan fingerprint density at radius 2 is 1.78 bits per heavy atom. The number of amides is 1. The topological polar surface area (TPSA) is 123 Å². The van der Waals surface area contributed by atoms with E-state index in [1.165, 1.54) is 19.4 Å². The van der Waals surface area contributed by atoms with Crippen molar-refractivity contribution in [3.05, 3.63) is 71.5 Å². The third-order valence-corrected chi connectivity index (χ3v) is 6.21. The molecular weight excluding hydrogens is 432 g/mol. The van der Waals surface area contributed by atoms with Crippen LogP contribution in [0, 0.1) is 13.8 Å². The van der Waals surface area contributed by atoms with Gasteiger partial charge >= 0.3 is 0 Å². The second kappa shape index (κ2) is 8.31. The number of hydrogen-bond donors (Lipinski definition) is 2. The minimum absolute atomic E-state index is 0.0782. The van der Waals surface area contributed by atoms with E-state index >= 15 is 0 Å². The van der Waals surface area contributed by atoms with Crippen LogP contribution < -0.4 is 14.8 Å². The Hall–Kier alpha value is -3.92. The number of aryl methyl sites for hydroxylation is 2. The van der Waals surface area contributed by atoms with Crippen LogP contribution >= 0.6 is 0 Å². The van der Waals surface area contributed by atoms with Gasteiger partial charge in [0.25, 0.3) is 15.9 Å². The lowest BCUT2D eigenvalue weighted by Crippen LogP contribution is -2.18. The first-order valence-corrected chi connectivity index (χ1v) is 11.1. The number of para-hydroxylation sites is 2. The van der Waals surface area contributed by atoms with Crippen LogP contribution in [0.4, 0.5) is 11.4 Å². The van der Waals surface area contributed by atoms with Crippen molar-refractivity contribution >= 4 is 38.3 Å². The first-order valence-electron chi connectivity index (χ1n) is 9.59. The number of ether oxygens (including phenoxy) is 1. The molecule has 0 saturated heterocycles. The van der Waals surface area contributed by atoms with Crippen LogP contribution in [-0.2, 0) is 10.0 Å². The zero-order valence-electron chi connectivity index (χ0n) is 17.5. The van der Waals surface area contributed by atoms with Crippen LogP contribution in [0.1, 0.15) is 21.6 Å². The fraction of sp³-hybridized carbons (Fsp3) is 0.136. The molecule has 0 aliphatic rings. The molecule has 2 heterocycles. The summed E-state index contributed by atoms with van der Waals surface area (Å²) in [5, 5.41) is 6.96. The lowest BCUT2D eigenvalue weighted by molar-refractivity contribution is 0.102. The number of anilines is 2. The first kappa shape index (κ1) is 21.3. The van der Waals surface area contributed by atoms with E-state index in [2.05, 4.69) is 20.2 Å². The van der Waals surface area contributed by atoms with Crippen LogP contribution in [0.3, 0.4) is 0 Å². The molecule has 164 valence electrons. The molecule has 0 aliphatic heterocycles. The summed E-state index contributed by atoms with van der Waals surface area (Å²) in [4.78, 5) is 16.6. The predicted octanol–water partition coefficient (Wildman–Crippen LogP) is 3.90. The number of benzene rings is 2. The van der Waals surface area contributed by atoms with Crippen LogP contribution in [0.25, 0.3) is 11.0 Å². The standard InChI is InChI=1S/C22H20N4O5S/c1-13-7-6-8-14(2)19(13)26-32(28,29)18-11-15(12-23-22(18)30-3)24-21(27)20-16-9-4-5-10-17(16)31-25-20/h4-12,26H,1-3H3,(H,24,27). The summed E-state index contributed by atoms with van der Waals surface area (Å²) in [5.41, 5.74) is 2.70. The molecule has 0 bridgehead atoms. The second-order valence-electron chi connectivity index (χ2n) is 7.09. The summed E-state index contributed by atoms with van der Waals surface area (Å²) in [5.74, 6) is -0.665. The van der Waals surface area contributed by atoms with E-state index in [4.69, 9.17) is 9.26 Å². The molecule has 0 radical (unpaired) electrons. The number of sulfonamides is 1. The SMILES string of the molecule is COc1ncc(NC(=O)c2noc3ccccc23)cc1S(=O)(=O)Nc1c(C)cccc1C. The average Bonchev–Trinajstić information content (AvgIpc) is 3.21. The van der Waals surface area contributed by atoms with Gasteiger partial charge in [-0.2, -0.15) is 0 Å². The summed E-state index contributed by atoms with van der Waals surface area (Å²) in [7, 11) is -2.75. The van der Waals surface area contributed by atoms with Gasteiger partial charge in [-0.3, -0.25) is 9.52 Å². The zero-order valence-corrected chi connectivity index (χ0v) is 18.4. The van der Waals surface area contributed by atoms with Gasteiger partial charge in [-0.15, -0.1) is 0 Å². The lowest BCUT2D eigenvalue weighted by Gasteiger charge is -2.15. The molecule has 2 aromatic heterocycles.